The second-order valence-corrected chi connectivity index (χ2v) is 13.9. The topological polar surface area (TPSA) is 23.5 Å². The van der Waals surface area contributed by atoms with E-state index < -0.39 is 0 Å². The predicted octanol–water partition coefficient (Wildman–Crippen LogP) is 13.7. The molecule has 254 valence electrons. The molecule has 0 bridgehead atoms. The van der Waals surface area contributed by atoms with Gasteiger partial charge < -0.3 is 13.7 Å². The first-order valence-corrected chi connectivity index (χ1v) is 18.3. The van der Waals surface area contributed by atoms with Gasteiger partial charge in [-0.25, -0.2) is 9.69 Å². The Hall–Kier alpha value is -7.86. The Kier molecular flexibility index (Phi) is 6.61. The average molecular weight is 700 g/mol. The molecule has 11 aromatic rings. The Morgan fingerprint density at radius 1 is 0.327 bits per heavy atom. The lowest BCUT2D eigenvalue weighted by Gasteiger charge is -2.14. The summed E-state index contributed by atoms with van der Waals surface area (Å²) in [5, 5.41) is 7.00. The van der Waals surface area contributed by atoms with Gasteiger partial charge in [-0.15, -0.1) is 0 Å². The van der Waals surface area contributed by atoms with Crippen LogP contribution in [0.5, 0.6) is 0 Å². The van der Waals surface area contributed by atoms with Gasteiger partial charge in [0.15, 0.2) is 11.4 Å². The van der Waals surface area contributed by atoms with Gasteiger partial charge in [0.25, 0.3) is 0 Å². The zero-order valence-corrected chi connectivity index (χ0v) is 29.5. The van der Waals surface area contributed by atoms with Gasteiger partial charge in [0.2, 0.25) is 0 Å². The molecule has 11 rings (SSSR count). The maximum absolute atomic E-state index is 8.14. The zero-order chi connectivity index (χ0) is 36.6. The molecule has 3 aromatic heterocycles. The van der Waals surface area contributed by atoms with Crippen molar-refractivity contribution in [3.8, 4) is 28.2 Å². The first-order chi connectivity index (χ1) is 27.2. The molecule has 5 nitrogen and oxygen atoms in total. The third kappa shape index (κ3) is 4.51. The molecule has 0 aliphatic heterocycles. The highest BCUT2D eigenvalue weighted by molar-refractivity contribution is 6.13. The average Bonchev–Trinajstić information content (AvgIpc) is 3.88. The lowest BCUT2D eigenvalue weighted by Crippen LogP contribution is -1.97. The molecule has 5 heteroatoms. The number of rotatable bonds is 4. The number of fused-ring (bicyclic) bond motifs is 9. The fourth-order valence-electron chi connectivity index (χ4n) is 8.67. The Balaban J connectivity index is 1.08. The molecule has 0 saturated heterocycles. The van der Waals surface area contributed by atoms with Gasteiger partial charge >= 0.3 is 0 Å². The van der Waals surface area contributed by atoms with Crippen molar-refractivity contribution in [1.29, 1.82) is 0 Å². The Morgan fingerprint density at radius 3 is 1.36 bits per heavy atom. The summed E-state index contributed by atoms with van der Waals surface area (Å²) in [7, 11) is 0. The highest BCUT2D eigenvalue weighted by atomic mass is 15.0. The SMILES string of the molecule is [C-]#[N+]c1ccc2c(c1)c1ccccc1n2-c1ccc(-c2cc(-n3c4ccccc4c4ccc(-n5c6ccccc6c6ccccc65)cc43)ccc2[N+]#[C-])cc1. The van der Waals surface area contributed by atoms with Crippen molar-refractivity contribution >= 4 is 76.8 Å². The van der Waals surface area contributed by atoms with Crippen LogP contribution in [0.3, 0.4) is 0 Å². The summed E-state index contributed by atoms with van der Waals surface area (Å²) >= 11 is 0. The molecule has 0 spiro atoms. The molecule has 0 N–H and O–H groups in total. The third-order valence-corrected chi connectivity index (χ3v) is 11.1. The van der Waals surface area contributed by atoms with E-state index in [0.29, 0.717) is 11.4 Å². The van der Waals surface area contributed by atoms with Gasteiger partial charge in [-0.1, -0.05) is 103 Å². The monoisotopic (exact) mass is 699 g/mol. The smallest absolute Gasteiger partial charge is 0.195 e. The minimum atomic E-state index is 0.603. The number of hydrogen-bond donors (Lipinski definition) is 0. The van der Waals surface area contributed by atoms with Gasteiger partial charge in [-0.2, -0.15) is 0 Å². The van der Waals surface area contributed by atoms with Crippen LogP contribution in [0.15, 0.2) is 176 Å². The van der Waals surface area contributed by atoms with E-state index in [1.807, 2.05) is 30.3 Å². The second-order valence-electron chi connectivity index (χ2n) is 13.9. The van der Waals surface area contributed by atoms with Crippen LogP contribution in [0.1, 0.15) is 0 Å². The van der Waals surface area contributed by atoms with E-state index in [2.05, 4.69) is 169 Å². The van der Waals surface area contributed by atoms with Crippen LogP contribution in [-0.4, -0.2) is 13.7 Å². The van der Waals surface area contributed by atoms with Crippen LogP contribution < -0.4 is 0 Å². The van der Waals surface area contributed by atoms with Crippen molar-refractivity contribution in [2.45, 2.75) is 0 Å². The van der Waals surface area contributed by atoms with Crippen molar-refractivity contribution < 1.29 is 0 Å². The number of hydrogen-bond acceptors (Lipinski definition) is 0. The fraction of sp³-hybridized carbons (Fsp3) is 0. The molecular weight excluding hydrogens is 671 g/mol. The Morgan fingerprint density at radius 2 is 0.782 bits per heavy atom. The number of benzene rings is 8. The largest absolute Gasteiger partial charge is 0.309 e. The molecule has 0 atom stereocenters. The zero-order valence-electron chi connectivity index (χ0n) is 29.5. The van der Waals surface area contributed by atoms with E-state index in [4.69, 9.17) is 13.1 Å². The molecule has 0 unspecified atom stereocenters. The van der Waals surface area contributed by atoms with Crippen molar-refractivity contribution in [1.82, 2.24) is 13.7 Å². The molecule has 0 radical (unpaired) electrons. The van der Waals surface area contributed by atoms with Crippen LogP contribution in [-0.2, 0) is 0 Å². The second kappa shape index (κ2) is 11.8. The van der Waals surface area contributed by atoms with Gasteiger partial charge in [0.1, 0.15) is 0 Å². The van der Waals surface area contributed by atoms with E-state index in [9.17, 15) is 0 Å². The first-order valence-electron chi connectivity index (χ1n) is 18.3. The normalized spacial score (nSPS) is 11.6. The maximum atomic E-state index is 8.14. The molecule has 0 saturated carbocycles. The summed E-state index contributed by atoms with van der Waals surface area (Å²) in [6.07, 6.45) is 0. The quantitative estimate of drug-likeness (QED) is 0.163. The van der Waals surface area contributed by atoms with Crippen LogP contribution in [0.4, 0.5) is 11.4 Å². The first kappa shape index (κ1) is 30.7. The molecule has 0 amide bonds. The Labute approximate surface area is 316 Å². The summed E-state index contributed by atoms with van der Waals surface area (Å²) in [5.74, 6) is 0. The van der Waals surface area contributed by atoms with Crippen molar-refractivity contribution in [2.75, 3.05) is 0 Å². The van der Waals surface area contributed by atoms with Gasteiger partial charge in [-0.3, -0.25) is 0 Å². The number of nitrogens with zero attached hydrogens (tertiary/aromatic N) is 5. The molecule has 8 aromatic carbocycles. The molecule has 55 heavy (non-hydrogen) atoms. The molecule has 0 fully saturated rings. The summed E-state index contributed by atoms with van der Waals surface area (Å²) in [6, 6.07) is 61.5. The maximum Gasteiger partial charge on any atom is 0.195 e. The van der Waals surface area contributed by atoms with E-state index in [0.717, 1.165) is 61.0 Å². The minimum Gasteiger partial charge on any atom is -0.309 e. The summed E-state index contributed by atoms with van der Waals surface area (Å²) in [6.45, 7) is 15.7. The van der Waals surface area contributed by atoms with Gasteiger partial charge in [-0.05, 0) is 89.3 Å². The lowest BCUT2D eigenvalue weighted by molar-refractivity contribution is 1.15. The van der Waals surface area contributed by atoms with E-state index in [1.54, 1.807) is 0 Å². The summed E-state index contributed by atoms with van der Waals surface area (Å²) < 4.78 is 6.95. The molecular formula is C50H29N5. The van der Waals surface area contributed by atoms with E-state index in [-0.39, 0.29) is 0 Å². The van der Waals surface area contributed by atoms with Gasteiger partial charge in [0.05, 0.1) is 46.2 Å². The van der Waals surface area contributed by atoms with E-state index >= 15 is 0 Å². The van der Waals surface area contributed by atoms with Gasteiger partial charge in [0, 0.05) is 44.0 Å². The highest BCUT2D eigenvalue weighted by Crippen LogP contribution is 2.40. The van der Waals surface area contributed by atoms with Crippen molar-refractivity contribution in [2.24, 2.45) is 0 Å². The minimum absolute atomic E-state index is 0.603. The predicted molar refractivity (Wildman–Crippen MR) is 227 cm³/mol. The van der Waals surface area contributed by atoms with Crippen LogP contribution >= 0.6 is 0 Å². The van der Waals surface area contributed by atoms with Crippen LogP contribution in [0.2, 0.25) is 0 Å². The van der Waals surface area contributed by atoms with E-state index in [1.165, 1.54) is 32.6 Å². The summed E-state index contributed by atoms with van der Waals surface area (Å²) in [4.78, 5) is 7.66. The van der Waals surface area contributed by atoms with Crippen LogP contribution in [0, 0.1) is 13.1 Å². The highest BCUT2D eigenvalue weighted by Gasteiger charge is 2.18. The number of para-hydroxylation sites is 4. The van der Waals surface area contributed by atoms with Crippen molar-refractivity contribution in [3.05, 3.63) is 199 Å². The fourth-order valence-corrected chi connectivity index (χ4v) is 8.67. The molecule has 0 aliphatic rings. The standard InChI is InChI=1S/C50H29N5/c1-51-33-21-28-49-43(29-33)40-14-6-10-18-48(40)53(49)34-22-19-32(20-23-34)42-30-35(25-27-44(42)52-2)55-47-17-9-5-13-39(47)41-26-24-36(31-50(41)55)54-45-15-7-3-11-37(45)38-12-4-8-16-46(38)54/h3-31H. The number of aromatic nitrogens is 3. The van der Waals surface area contributed by atoms with Crippen molar-refractivity contribution in [3.63, 3.8) is 0 Å². The summed E-state index contributed by atoms with van der Waals surface area (Å²) in [5.41, 5.74) is 12.9. The molecule has 0 aliphatic carbocycles. The third-order valence-electron chi connectivity index (χ3n) is 11.1. The lowest BCUT2D eigenvalue weighted by atomic mass is 10.0. The molecule has 3 heterocycles. The van der Waals surface area contributed by atoms with Crippen LogP contribution in [0.25, 0.3) is 103 Å². The Bertz CT molecular complexity index is 3400.